The molecule has 0 aliphatic rings. The van der Waals surface area contributed by atoms with Crippen molar-refractivity contribution in [3.05, 3.63) is 35.4 Å². The van der Waals surface area contributed by atoms with E-state index in [1.807, 2.05) is 13.1 Å². The number of alkyl halides is 1. The van der Waals surface area contributed by atoms with E-state index in [2.05, 4.69) is 25.1 Å². The molecule has 1 rings (SSSR count). The van der Waals surface area contributed by atoms with Crippen LogP contribution in [0.3, 0.4) is 0 Å². The molecule has 2 nitrogen and oxygen atoms in total. The molecule has 0 N–H and O–H groups in total. The summed E-state index contributed by atoms with van der Waals surface area (Å²) >= 11 is 5.59. The third-order valence-electron chi connectivity index (χ3n) is 2.70. The van der Waals surface area contributed by atoms with E-state index >= 15 is 0 Å². The molecule has 0 aromatic heterocycles. The second kappa shape index (κ2) is 7.33. The predicted octanol–water partition coefficient (Wildman–Crippen LogP) is 3.36. The smallest absolute Gasteiger partial charge is 0.222 e. The Morgan fingerprint density at radius 3 is 2.76 bits per heavy atom. The molecule has 0 spiro atoms. The number of amides is 1. The molecular formula is C14H20ClNO. The standard InChI is InChI=1S/C14H20ClNO/c1-12-6-5-7-13(10-12)11-16(2)14(17)8-3-4-9-15/h5-7,10H,3-4,8-9,11H2,1-2H3. The first-order valence-electron chi connectivity index (χ1n) is 5.99. The Balaban J connectivity index is 2.43. The molecule has 0 aliphatic carbocycles. The molecule has 17 heavy (non-hydrogen) atoms. The monoisotopic (exact) mass is 253 g/mol. The third kappa shape index (κ3) is 5.22. The molecule has 94 valence electrons. The molecule has 0 aliphatic heterocycles. The van der Waals surface area contributed by atoms with Crippen LogP contribution in [-0.2, 0) is 11.3 Å². The minimum atomic E-state index is 0.191. The number of carbonyl (C=O) groups is 1. The molecule has 0 atom stereocenters. The van der Waals surface area contributed by atoms with Gasteiger partial charge in [0.25, 0.3) is 0 Å². The van der Waals surface area contributed by atoms with Gasteiger partial charge in [-0.05, 0) is 25.3 Å². The van der Waals surface area contributed by atoms with E-state index in [1.165, 1.54) is 11.1 Å². The van der Waals surface area contributed by atoms with E-state index in [9.17, 15) is 4.79 Å². The second-order valence-electron chi connectivity index (χ2n) is 4.38. The fraction of sp³-hybridized carbons (Fsp3) is 0.500. The molecular weight excluding hydrogens is 234 g/mol. The van der Waals surface area contributed by atoms with Crippen LogP contribution in [-0.4, -0.2) is 23.7 Å². The summed E-state index contributed by atoms with van der Waals surface area (Å²) in [5, 5.41) is 0. The summed E-state index contributed by atoms with van der Waals surface area (Å²) in [5.74, 6) is 0.825. The van der Waals surface area contributed by atoms with Crippen molar-refractivity contribution < 1.29 is 4.79 Å². The van der Waals surface area contributed by atoms with Gasteiger partial charge in [0, 0.05) is 25.9 Å². The molecule has 0 radical (unpaired) electrons. The topological polar surface area (TPSA) is 20.3 Å². The van der Waals surface area contributed by atoms with Gasteiger partial charge in [0.1, 0.15) is 0 Å². The van der Waals surface area contributed by atoms with Crippen LogP contribution in [0.25, 0.3) is 0 Å². The normalized spacial score (nSPS) is 10.3. The SMILES string of the molecule is Cc1cccc(CN(C)C(=O)CCCCCl)c1. The first-order valence-corrected chi connectivity index (χ1v) is 6.52. The van der Waals surface area contributed by atoms with Crippen LogP contribution < -0.4 is 0 Å². The van der Waals surface area contributed by atoms with Gasteiger partial charge in [-0.3, -0.25) is 4.79 Å². The highest BCUT2D eigenvalue weighted by atomic mass is 35.5. The highest BCUT2D eigenvalue weighted by Crippen LogP contribution is 2.08. The molecule has 0 bridgehead atoms. The van der Waals surface area contributed by atoms with Crippen molar-refractivity contribution in [1.82, 2.24) is 4.90 Å². The number of halogens is 1. The zero-order chi connectivity index (χ0) is 12.7. The van der Waals surface area contributed by atoms with Crippen LogP contribution in [0.4, 0.5) is 0 Å². The van der Waals surface area contributed by atoms with E-state index in [1.54, 1.807) is 4.90 Å². The van der Waals surface area contributed by atoms with Crippen molar-refractivity contribution in [1.29, 1.82) is 0 Å². The molecule has 0 fully saturated rings. The van der Waals surface area contributed by atoms with Crippen LogP contribution in [0.15, 0.2) is 24.3 Å². The van der Waals surface area contributed by atoms with E-state index < -0.39 is 0 Å². The fourth-order valence-corrected chi connectivity index (χ4v) is 1.92. The first-order chi connectivity index (χ1) is 8.13. The molecule has 0 unspecified atom stereocenters. The van der Waals surface area contributed by atoms with Crippen molar-refractivity contribution >= 4 is 17.5 Å². The quantitative estimate of drug-likeness (QED) is 0.562. The van der Waals surface area contributed by atoms with Crippen LogP contribution in [0.1, 0.15) is 30.4 Å². The number of benzene rings is 1. The molecule has 1 aromatic rings. The minimum absolute atomic E-state index is 0.191. The number of aryl methyl sites for hydroxylation is 1. The van der Waals surface area contributed by atoms with Crippen LogP contribution in [0, 0.1) is 6.92 Å². The van der Waals surface area contributed by atoms with Gasteiger partial charge in [-0.25, -0.2) is 0 Å². The fourth-order valence-electron chi connectivity index (χ4n) is 1.73. The summed E-state index contributed by atoms with van der Waals surface area (Å²) in [7, 11) is 1.85. The van der Waals surface area contributed by atoms with E-state index in [4.69, 9.17) is 11.6 Å². The summed E-state index contributed by atoms with van der Waals surface area (Å²) in [6.45, 7) is 2.74. The Labute approximate surface area is 109 Å². The summed E-state index contributed by atoms with van der Waals surface area (Å²) in [4.78, 5) is 13.6. The lowest BCUT2D eigenvalue weighted by Gasteiger charge is -2.17. The maximum absolute atomic E-state index is 11.8. The highest BCUT2D eigenvalue weighted by molar-refractivity contribution is 6.17. The summed E-state index contributed by atoms with van der Waals surface area (Å²) in [5.41, 5.74) is 2.41. The average Bonchev–Trinajstić information content (AvgIpc) is 2.29. The molecule has 0 saturated carbocycles. The van der Waals surface area contributed by atoms with Crippen molar-refractivity contribution in [2.75, 3.05) is 12.9 Å². The maximum atomic E-state index is 11.8. The van der Waals surface area contributed by atoms with Crippen LogP contribution in [0.2, 0.25) is 0 Å². The van der Waals surface area contributed by atoms with E-state index in [-0.39, 0.29) is 5.91 Å². The Morgan fingerprint density at radius 1 is 1.35 bits per heavy atom. The number of rotatable bonds is 6. The molecule has 0 saturated heterocycles. The lowest BCUT2D eigenvalue weighted by atomic mass is 10.1. The van der Waals surface area contributed by atoms with Gasteiger partial charge >= 0.3 is 0 Å². The highest BCUT2D eigenvalue weighted by Gasteiger charge is 2.08. The summed E-state index contributed by atoms with van der Waals surface area (Å²) in [6, 6.07) is 8.25. The number of carbonyl (C=O) groups excluding carboxylic acids is 1. The zero-order valence-corrected chi connectivity index (χ0v) is 11.3. The van der Waals surface area contributed by atoms with Crippen molar-refractivity contribution in [3.8, 4) is 0 Å². The number of unbranched alkanes of at least 4 members (excludes halogenated alkanes) is 1. The van der Waals surface area contributed by atoms with Crippen molar-refractivity contribution in [2.24, 2.45) is 0 Å². The molecule has 0 heterocycles. The Kier molecular flexibility index (Phi) is 6.06. The van der Waals surface area contributed by atoms with Crippen molar-refractivity contribution in [3.63, 3.8) is 0 Å². The zero-order valence-electron chi connectivity index (χ0n) is 10.6. The third-order valence-corrected chi connectivity index (χ3v) is 2.97. The van der Waals surface area contributed by atoms with Crippen molar-refractivity contribution in [2.45, 2.75) is 32.7 Å². The number of nitrogens with zero attached hydrogens (tertiary/aromatic N) is 1. The van der Waals surface area contributed by atoms with E-state index in [0.29, 0.717) is 18.8 Å². The largest absolute Gasteiger partial charge is 0.341 e. The van der Waals surface area contributed by atoms with Gasteiger partial charge in [0.2, 0.25) is 5.91 Å². The van der Waals surface area contributed by atoms with Gasteiger partial charge < -0.3 is 4.90 Å². The first kappa shape index (κ1) is 14.0. The lowest BCUT2D eigenvalue weighted by Crippen LogP contribution is -2.25. The van der Waals surface area contributed by atoms with Crippen LogP contribution >= 0.6 is 11.6 Å². The second-order valence-corrected chi connectivity index (χ2v) is 4.76. The summed E-state index contributed by atoms with van der Waals surface area (Å²) < 4.78 is 0. The number of hydrogen-bond acceptors (Lipinski definition) is 1. The van der Waals surface area contributed by atoms with Gasteiger partial charge in [0.15, 0.2) is 0 Å². The van der Waals surface area contributed by atoms with Gasteiger partial charge in [-0.1, -0.05) is 29.8 Å². The Hall–Kier alpha value is -1.02. The van der Waals surface area contributed by atoms with Gasteiger partial charge in [0.05, 0.1) is 0 Å². The predicted molar refractivity (Wildman–Crippen MR) is 72.2 cm³/mol. The maximum Gasteiger partial charge on any atom is 0.222 e. The molecule has 3 heteroatoms. The summed E-state index contributed by atoms with van der Waals surface area (Å²) in [6.07, 6.45) is 2.38. The average molecular weight is 254 g/mol. The Bertz CT molecular complexity index is 365. The lowest BCUT2D eigenvalue weighted by molar-refractivity contribution is -0.130. The minimum Gasteiger partial charge on any atom is -0.341 e. The number of hydrogen-bond donors (Lipinski definition) is 0. The van der Waals surface area contributed by atoms with Gasteiger partial charge in [-0.15, -0.1) is 11.6 Å². The van der Waals surface area contributed by atoms with E-state index in [0.717, 1.165) is 12.8 Å². The molecule has 1 amide bonds. The Morgan fingerprint density at radius 2 is 2.12 bits per heavy atom. The van der Waals surface area contributed by atoms with Crippen LogP contribution in [0.5, 0.6) is 0 Å². The van der Waals surface area contributed by atoms with Gasteiger partial charge in [-0.2, -0.15) is 0 Å². The molecule has 1 aromatic carbocycles.